The van der Waals surface area contributed by atoms with Crippen molar-refractivity contribution in [1.29, 1.82) is 0 Å². The first-order chi connectivity index (χ1) is 6.20. The Balaban J connectivity index is 2.22. The SMILES string of the molecule is CCC(O)(CC)CNC1CCOC1. The lowest BCUT2D eigenvalue weighted by atomic mass is 9.97. The van der Waals surface area contributed by atoms with Gasteiger partial charge in [0.05, 0.1) is 12.2 Å². The second kappa shape index (κ2) is 4.94. The number of ether oxygens (including phenoxy) is 1. The van der Waals surface area contributed by atoms with E-state index < -0.39 is 5.60 Å². The Morgan fingerprint density at radius 3 is 2.62 bits per heavy atom. The maximum atomic E-state index is 9.99. The Bertz CT molecular complexity index is 140. The molecule has 2 N–H and O–H groups in total. The van der Waals surface area contributed by atoms with Crippen molar-refractivity contribution >= 4 is 0 Å². The average molecular weight is 187 g/mol. The van der Waals surface area contributed by atoms with E-state index >= 15 is 0 Å². The van der Waals surface area contributed by atoms with Gasteiger partial charge in [0.15, 0.2) is 0 Å². The van der Waals surface area contributed by atoms with Gasteiger partial charge in [0.2, 0.25) is 0 Å². The van der Waals surface area contributed by atoms with E-state index in [9.17, 15) is 5.11 Å². The second-order valence-electron chi connectivity index (χ2n) is 3.87. The third-order valence-electron chi connectivity index (χ3n) is 2.97. The van der Waals surface area contributed by atoms with Crippen molar-refractivity contribution in [3.63, 3.8) is 0 Å². The van der Waals surface area contributed by atoms with Crippen molar-refractivity contribution < 1.29 is 9.84 Å². The molecule has 3 heteroatoms. The molecule has 1 saturated heterocycles. The Labute approximate surface area is 80.5 Å². The fourth-order valence-electron chi connectivity index (χ4n) is 1.53. The van der Waals surface area contributed by atoms with Gasteiger partial charge in [-0.05, 0) is 19.3 Å². The van der Waals surface area contributed by atoms with Gasteiger partial charge in [0, 0.05) is 19.2 Å². The van der Waals surface area contributed by atoms with Crippen LogP contribution >= 0.6 is 0 Å². The molecule has 1 fully saturated rings. The molecule has 1 heterocycles. The molecular weight excluding hydrogens is 166 g/mol. The van der Waals surface area contributed by atoms with Crippen molar-refractivity contribution in [2.45, 2.75) is 44.8 Å². The van der Waals surface area contributed by atoms with Crippen molar-refractivity contribution in [2.75, 3.05) is 19.8 Å². The monoisotopic (exact) mass is 187 g/mol. The first-order valence-corrected chi connectivity index (χ1v) is 5.23. The summed E-state index contributed by atoms with van der Waals surface area (Å²) in [4.78, 5) is 0. The number of hydrogen-bond acceptors (Lipinski definition) is 3. The third kappa shape index (κ3) is 3.25. The normalized spacial score (nSPS) is 23.8. The third-order valence-corrected chi connectivity index (χ3v) is 2.97. The molecule has 0 aromatic carbocycles. The quantitative estimate of drug-likeness (QED) is 0.672. The van der Waals surface area contributed by atoms with Crippen molar-refractivity contribution in [3.05, 3.63) is 0 Å². The summed E-state index contributed by atoms with van der Waals surface area (Å²) >= 11 is 0. The van der Waals surface area contributed by atoms with Gasteiger partial charge in [-0.15, -0.1) is 0 Å². The molecule has 0 aromatic heterocycles. The number of nitrogens with one attached hydrogen (secondary N) is 1. The van der Waals surface area contributed by atoms with Gasteiger partial charge in [-0.3, -0.25) is 0 Å². The summed E-state index contributed by atoms with van der Waals surface area (Å²) in [6.45, 7) is 6.39. The molecule has 13 heavy (non-hydrogen) atoms. The molecular formula is C10H21NO2. The lowest BCUT2D eigenvalue weighted by Crippen LogP contribution is -2.44. The summed E-state index contributed by atoms with van der Waals surface area (Å²) in [7, 11) is 0. The van der Waals surface area contributed by atoms with Crippen LogP contribution in [0.15, 0.2) is 0 Å². The summed E-state index contributed by atoms with van der Waals surface area (Å²) in [5.41, 5.74) is -0.525. The highest BCUT2D eigenvalue weighted by atomic mass is 16.5. The minimum atomic E-state index is -0.525. The highest BCUT2D eigenvalue weighted by molar-refractivity contribution is 4.81. The molecule has 0 saturated carbocycles. The molecule has 3 nitrogen and oxygen atoms in total. The van der Waals surface area contributed by atoms with Gasteiger partial charge < -0.3 is 15.2 Å². The second-order valence-corrected chi connectivity index (χ2v) is 3.87. The number of hydrogen-bond donors (Lipinski definition) is 2. The Kier molecular flexibility index (Phi) is 4.16. The Morgan fingerprint density at radius 2 is 2.15 bits per heavy atom. The van der Waals surface area contributed by atoms with E-state index in [0.717, 1.165) is 32.5 Å². The number of rotatable bonds is 5. The van der Waals surface area contributed by atoms with Crippen LogP contribution in [0.4, 0.5) is 0 Å². The summed E-state index contributed by atoms with van der Waals surface area (Å²) < 4.78 is 5.25. The molecule has 0 aromatic rings. The topological polar surface area (TPSA) is 41.5 Å². The van der Waals surface area contributed by atoms with Crippen LogP contribution in [0.2, 0.25) is 0 Å². The van der Waals surface area contributed by atoms with Gasteiger partial charge in [0.25, 0.3) is 0 Å². The molecule has 1 rings (SSSR count). The fraction of sp³-hybridized carbons (Fsp3) is 1.00. The summed E-state index contributed by atoms with van der Waals surface area (Å²) in [5, 5.41) is 13.3. The molecule has 0 bridgehead atoms. The van der Waals surface area contributed by atoms with Crippen molar-refractivity contribution in [3.8, 4) is 0 Å². The van der Waals surface area contributed by atoms with Crippen LogP contribution in [-0.4, -0.2) is 36.5 Å². The molecule has 1 aliphatic heterocycles. The molecule has 1 atom stereocenters. The largest absolute Gasteiger partial charge is 0.389 e. The fourth-order valence-corrected chi connectivity index (χ4v) is 1.53. The molecule has 1 unspecified atom stereocenters. The predicted octanol–water partition coefficient (Wildman–Crippen LogP) is 0.916. The zero-order valence-corrected chi connectivity index (χ0v) is 8.68. The lowest BCUT2D eigenvalue weighted by molar-refractivity contribution is 0.0295. The minimum absolute atomic E-state index is 0.449. The first kappa shape index (κ1) is 11.0. The van der Waals surface area contributed by atoms with Gasteiger partial charge >= 0.3 is 0 Å². The van der Waals surface area contributed by atoms with E-state index in [4.69, 9.17) is 4.74 Å². The maximum absolute atomic E-state index is 9.99. The van der Waals surface area contributed by atoms with E-state index in [2.05, 4.69) is 5.32 Å². The van der Waals surface area contributed by atoms with Crippen LogP contribution in [0.25, 0.3) is 0 Å². The number of aliphatic hydroxyl groups is 1. The van der Waals surface area contributed by atoms with Crippen LogP contribution in [0.1, 0.15) is 33.1 Å². The van der Waals surface area contributed by atoms with Gasteiger partial charge in [-0.2, -0.15) is 0 Å². The predicted molar refractivity (Wildman–Crippen MR) is 52.8 cm³/mol. The van der Waals surface area contributed by atoms with E-state index in [1.54, 1.807) is 0 Å². The molecule has 78 valence electrons. The summed E-state index contributed by atoms with van der Waals surface area (Å²) in [6, 6.07) is 0.449. The molecule has 0 spiro atoms. The summed E-state index contributed by atoms with van der Waals surface area (Å²) in [6.07, 6.45) is 2.69. The molecule has 0 amide bonds. The first-order valence-electron chi connectivity index (χ1n) is 5.23. The van der Waals surface area contributed by atoms with Crippen LogP contribution in [0, 0.1) is 0 Å². The van der Waals surface area contributed by atoms with Gasteiger partial charge in [-0.1, -0.05) is 13.8 Å². The average Bonchev–Trinajstić information content (AvgIpc) is 2.67. The van der Waals surface area contributed by atoms with E-state index in [1.807, 2.05) is 13.8 Å². The van der Waals surface area contributed by atoms with Crippen LogP contribution < -0.4 is 5.32 Å². The highest BCUT2D eigenvalue weighted by Gasteiger charge is 2.24. The van der Waals surface area contributed by atoms with E-state index in [1.165, 1.54) is 0 Å². The summed E-state index contributed by atoms with van der Waals surface area (Å²) in [5.74, 6) is 0. The van der Waals surface area contributed by atoms with Crippen molar-refractivity contribution in [2.24, 2.45) is 0 Å². The maximum Gasteiger partial charge on any atom is 0.0766 e. The van der Waals surface area contributed by atoms with Crippen LogP contribution in [0.5, 0.6) is 0 Å². The van der Waals surface area contributed by atoms with E-state index in [0.29, 0.717) is 12.6 Å². The van der Waals surface area contributed by atoms with Crippen LogP contribution in [-0.2, 0) is 4.74 Å². The van der Waals surface area contributed by atoms with Gasteiger partial charge in [0.1, 0.15) is 0 Å². The van der Waals surface area contributed by atoms with Gasteiger partial charge in [-0.25, -0.2) is 0 Å². The molecule has 1 aliphatic rings. The van der Waals surface area contributed by atoms with Crippen LogP contribution in [0.3, 0.4) is 0 Å². The minimum Gasteiger partial charge on any atom is -0.389 e. The standard InChI is InChI=1S/C10H21NO2/c1-3-10(12,4-2)8-11-9-5-6-13-7-9/h9,11-12H,3-8H2,1-2H3. The molecule has 0 radical (unpaired) electrons. The zero-order valence-electron chi connectivity index (χ0n) is 8.68. The lowest BCUT2D eigenvalue weighted by Gasteiger charge is -2.27. The zero-order chi connectivity index (χ0) is 9.73. The smallest absolute Gasteiger partial charge is 0.0766 e. The molecule has 0 aliphatic carbocycles. The van der Waals surface area contributed by atoms with Crippen molar-refractivity contribution in [1.82, 2.24) is 5.32 Å². The Hall–Kier alpha value is -0.120. The highest BCUT2D eigenvalue weighted by Crippen LogP contribution is 2.14. The van der Waals surface area contributed by atoms with E-state index in [-0.39, 0.29) is 0 Å². The Morgan fingerprint density at radius 1 is 1.46 bits per heavy atom.